The molecule has 0 aromatic heterocycles. The number of unbranched alkanes of at least 4 members (excludes halogenated alkanes) is 3. The maximum Gasteiger partial charge on any atom is 0.373 e. The van der Waals surface area contributed by atoms with Crippen LogP contribution in [-0.2, 0) is 9.13 Å². The van der Waals surface area contributed by atoms with Crippen molar-refractivity contribution in [2.24, 2.45) is 10.3 Å². The van der Waals surface area contributed by atoms with Gasteiger partial charge in [-0.1, -0.05) is 23.2 Å². The molecule has 0 fully saturated rings. The molecule has 0 unspecified atom stereocenters. The van der Waals surface area contributed by atoms with E-state index in [0.29, 0.717) is 25.7 Å². The minimum Gasteiger partial charge on any atom is -0.410 e. The number of nitrogens with zero attached hydrogens (tertiary/aromatic N) is 2. The highest BCUT2D eigenvalue weighted by Crippen LogP contribution is 2.39. The lowest BCUT2D eigenvalue weighted by atomic mass is 10.1. The first-order valence-electron chi connectivity index (χ1n) is 5.67. The van der Waals surface area contributed by atoms with E-state index >= 15 is 0 Å². The number of hydrogen-bond donors (Lipinski definition) is 6. The second-order valence-corrected chi connectivity index (χ2v) is 7.24. The second-order valence-electron chi connectivity index (χ2n) is 4.03. The van der Waals surface area contributed by atoms with Gasteiger partial charge in [0, 0.05) is 12.8 Å². The van der Waals surface area contributed by atoms with Gasteiger partial charge in [-0.05, 0) is 12.8 Å². The average molecular weight is 332 g/mol. The van der Waals surface area contributed by atoms with Gasteiger partial charge in [0.2, 0.25) is 0 Å². The molecule has 0 saturated carbocycles. The van der Waals surface area contributed by atoms with Crippen LogP contribution in [0.1, 0.15) is 38.5 Å². The minimum atomic E-state index is -4.53. The van der Waals surface area contributed by atoms with Crippen LogP contribution in [0.5, 0.6) is 0 Å². The minimum absolute atomic E-state index is 0.0692. The van der Waals surface area contributed by atoms with Crippen molar-refractivity contribution in [2.45, 2.75) is 38.5 Å². The van der Waals surface area contributed by atoms with E-state index in [1.54, 1.807) is 0 Å². The molecule has 0 aliphatic carbocycles. The van der Waals surface area contributed by atoms with Crippen molar-refractivity contribution in [3.05, 3.63) is 0 Å². The first-order valence-corrected chi connectivity index (χ1v) is 8.89. The summed E-state index contributed by atoms with van der Waals surface area (Å²) in [5.41, 5.74) is -1.18. The van der Waals surface area contributed by atoms with Gasteiger partial charge in [0.05, 0.1) is 0 Å². The van der Waals surface area contributed by atoms with Gasteiger partial charge in [0.15, 0.2) is 10.9 Å². The van der Waals surface area contributed by atoms with Crippen LogP contribution in [0, 0.1) is 0 Å². The van der Waals surface area contributed by atoms with Crippen LogP contribution in [0.4, 0.5) is 0 Å². The summed E-state index contributed by atoms with van der Waals surface area (Å²) in [6, 6.07) is 0. The number of rotatable bonds is 9. The molecule has 0 amide bonds. The van der Waals surface area contributed by atoms with E-state index in [4.69, 9.17) is 30.0 Å². The van der Waals surface area contributed by atoms with E-state index in [1.807, 2.05) is 0 Å². The van der Waals surface area contributed by atoms with Crippen molar-refractivity contribution in [2.75, 3.05) is 0 Å². The second kappa shape index (κ2) is 8.51. The summed E-state index contributed by atoms with van der Waals surface area (Å²) < 4.78 is 21.6. The Morgan fingerprint density at radius 3 is 1.20 bits per heavy atom. The number of hydrogen-bond acceptors (Lipinski definition) is 6. The molecule has 0 saturated heterocycles. The lowest BCUT2D eigenvalue weighted by Crippen LogP contribution is -2.01. The fraction of sp³-hybridized carbons (Fsp3) is 0.750. The van der Waals surface area contributed by atoms with Crippen LogP contribution in [-0.4, -0.2) is 40.9 Å². The fourth-order valence-corrected chi connectivity index (χ4v) is 2.56. The van der Waals surface area contributed by atoms with E-state index in [2.05, 4.69) is 10.3 Å². The zero-order valence-corrected chi connectivity index (χ0v) is 12.3. The summed E-state index contributed by atoms with van der Waals surface area (Å²) in [7, 11) is -9.06. The molecule has 12 heteroatoms. The third-order valence-electron chi connectivity index (χ3n) is 2.45. The third kappa shape index (κ3) is 7.74. The predicted molar refractivity (Wildman–Crippen MR) is 70.2 cm³/mol. The van der Waals surface area contributed by atoms with Gasteiger partial charge in [-0.3, -0.25) is 9.13 Å². The summed E-state index contributed by atoms with van der Waals surface area (Å²) in [6.45, 7) is 0. The Bertz CT molecular complexity index is 409. The molecule has 0 aliphatic rings. The van der Waals surface area contributed by atoms with Crippen molar-refractivity contribution in [1.29, 1.82) is 0 Å². The van der Waals surface area contributed by atoms with Crippen LogP contribution in [0.25, 0.3) is 0 Å². The van der Waals surface area contributed by atoms with Gasteiger partial charge in [0.1, 0.15) is 0 Å². The molecule has 0 aromatic carbocycles. The van der Waals surface area contributed by atoms with Gasteiger partial charge in [0.25, 0.3) is 0 Å². The van der Waals surface area contributed by atoms with Crippen molar-refractivity contribution in [1.82, 2.24) is 0 Å². The van der Waals surface area contributed by atoms with E-state index in [9.17, 15) is 9.13 Å². The van der Waals surface area contributed by atoms with Crippen LogP contribution < -0.4 is 0 Å². The maximum atomic E-state index is 10.8. The van der Waals surface area contributed by atoms with E-state index < -0.39 is 26.1 Å². The Balaban J connectivity index is 3.96. The quantitative estimate of drug-likeness (QED) is 0.120. The Morgan fingerprint density at radius 2 is 1.00 bits per heavy atom. The van der Waals surface area contributed by atoms with Crippen molar-refractivity contribution in [3.63, 3.8) is 0 Å². The molecular formula is C8H18N2O8P2. The van der Waals surface area contributed by atoms with Crippen LogP contribution in [0.3, 0.4) is 0 Å². The van der Waals surface area contributed by atoms with E-state index in [1.165, 1.54) is 0 Å². The lowest BCUT2D eigenvalue weighted by molar-refractivity contribution is 0.314. The Morgan fingerprint density at radius 1 is 0.700 bits per heavy atom. The molecule has 0 atom stereocenters. The Labute approximate surface area is 115 Å². The topological polar surface area (TPSA) is 180 Å². The van der Waals surface area contributed by atoms with Crippen molar-refractivity contribution in [3.8, 4) is 0 Å². The Hall–Kier alpha value is -0.760. The van der Waals surface area contributed by atoms with Crippen LogP contribution in [0.2, 0.25) is 0 Å². The predicted octanol–water partition coefficient (Wildman–Crippen LogP) is 1.26. The summed E-state index contributed by atoms with van der Waals surface area (Å²) in [4.78, 5) is 35.1. The SMILES string of the molecule is O=P(O)(O)/C(CCCCCC/C(=N/O)P(=O)(O)O)=N\O. The molecule has 0 aromatic rings. The first-order chi connectivity index (χ1) is 9.12. The molecule has 118 valence electrons. The summed E-state index contributed by atoms with van der Waals surface area (Å²) >= 11 is 0. The first kappa shape index (κ1) is 19.2. The zero-order chi connectivity index (χ0) is 15.8. The Kier molecular flexibility index (Phi) is 8.19. The summed E-state index contributed by atoms with van der Waals surface area (Å²) in [6.07, 6.45) is 1.59. The largest absolute Gasteiger partial charge is 0.410 e. The monoisotopic (exact) mass is 332 g/mol. The average Bonchev–Trinajstić information content (AvgIpc) is 2.29. The molecule has 6 N–H and O–H groups in total. The molecule has 0 radical (unpaired) electrons. The molecule has 0 rings (SSSR count). The van der Waals surface area contributed by atoms with Crippen molar-refractivity contribution < 1.29 is 39.1 Å². The molecule has 0 aliphatic heterocycles. The van der Waals surface area contributed by atoms with Gasteiger partial charge in [-0.2, -0.15) is 0 Å². The normalized spacial score (nSPS) is 14.6. The summed E-state index contributed by atoms with van der Waals surface area (Å²) in [5, 5.41) is 21.9. The standard InChI is InChI=1S/C8H18N2O8P2/c11-9-7(19(13,14)15)5-3-1-2-4-6-8(10-12)20(16,17)18/h11-12H,1-6H2,(H2,13,14,15)(H2,16,17,18)/b9-7-,10-8-. The maximum absolute atomic E-state index is 10.8. The smallest absolute Gasteiger partial charge is 0.373 e. The zero-order valence-electron chi connectivity index (χ0n) is 10.5. The highest BCUT2D eigenvalue weighted by molar-refractivity contribution is 7.70. The van der Waals surface area contributed by atoms with Crippen molar-refractivity contribution >= 4 is 26.1 Å². The van der Waals surface area contributed by atoms with Gasteiger partial charge < -0.3 is 30.0 Å². The lowest BCUT2D eigenvalue weighted by Gasteiger charge is -2.07. The van der Waals surface area contributed by atoms with Gasteiger partial charge in [-0.15, -0.1) is 0 Å². The van der Waals surface area contributed by atoms with Gasteiger partial charge >= 0.3 is 15.2 Å². The fourth-order valence-electron chi connectivity index (χ4n) is 1.43. The molecule has 0 heterocycles. The van der Waals surface area contributed by atoms with Crippen LogP contribution >= 0.6 is 15.2 Å². The highest BCUT2D eigenvalue weighted by atomic mass is 31.2. The molecule has 10 nitrogen and oxygen atoms in total. The third-order valence-corrected chi connectivity index (χ3v) is 4.43. The highest BCUT2D eigenvalue weighted by Gasteiger charge is 2.24. The number of oxime groups is 2. The molecule has 0 bridgehead atoms. The molecule has 0 spiro atoms. The summed E-state index contributed by atoms with van der Waals surface area (Å²) in [5.74, 6) is 0. The van der Waals surface area contributed by atoms with E-state index in [0.717, 1.165) is 0 Å². The molecule has 20 heavy (non-hydrogen) atoms. The van der Waals surface area contributed by atoms with Gasteiger partial charge in [-0.25, -0.2) is 0 Å². The van der Waals surface area contributed by atoms with E-state index in [-0.39, 0.29) is 12.8 Å². The molecular weight excluding hydrogens is 314 g/mol. The van der Waals surface area contributed by atoms with Crippen LogP contribution in [0.15, 0.2) is 10.3 Å².